The van der Waals surface area contributed by atoms with Crippen molar-refractivity contribution in [3.8, 4) is 0 Å². The monoisotopic (exact) mass is 1460 g/mol. The Morgan fingerprint density at radius 2 is 0.543 bits per heavy atom. The lowest BCUT2D eigenvalue weighted by molar-refractivity contribution is -0.870. The SMILES string of the molecule is CC/C=C\C/C=C\C/C=C\C/C=C\C/C=C\C/C=C\C/C=C\C/C=C\C/C=C\C/C=C\CCCCCCCCCCCCC(=O)OC(COC(=O)CCCCCCCCCCCCCCCCCCCCCCCCCCCCC/C=C\C/C=C\CCCCCCC)COC(OCC[N+](C)(C)C)C(=O)[O-]. The van der Waals surface area contributed by atoms with Crippen molar-refractivity contribution < 1.29 is 42.9 Å². The van der Waals surface area contributed by atoms with E-state index in [9.17, 15) is 19.5 Å². The van der Waals surface area contributed by atoms with E-state index < -0.39 is 24.3 Å². The van der Waals surface area contributed by atoms with Gasteiger partial charge in [-0.25, -0.2) is 0 Å². The van der Waals surface area contributed by atoms with Crippen molar-refractivity contribution in [2.75, 3.05) is 47.5 Å². The number of hydrogen-bond acceptors (Lipinski definition) is 8. The first-order chi connectivity index (χ1) is 51.6. The molecule has 0 saturated heterocycles. The summed E-state index contributed by atoms with van der Waals surface area (Å²) in [5.74, 6) is -2.28. The molecule has 0 aliphatic carbocycles. The van der Waals surface area contributed by atoms with Crippen molar-refractivity contribution in [2.24, 2.45) is 0 Å². The highest BCUT2D eigenvalue weighted by molar-refractivity contribution is 5.70. The maximum atomic E-state index is 13.0. The molecule has 0 aromatic carbocycles. The normalized spacial score (nSPS) is 13.3. The fraction of sp³-hybridized carbons (Fsp3) is 0.719. The van der Waals surface area contributed by atoms with Crippen molar-refractivity contribution in [2.45, 2.75) is 399 Å². The largest absolute Gasteiger partial charge is 0.545 e. The van der Waals surface area contributed by atoms with Crippen LogP contribution in [0.3, 0.4) is 0 Å². The number of aliphatic carboxylic acids is 1. The van der Waals surface area contributed by atoms with Crippen LogP contribution in [0.5, 0.6) is 0 Å². The highest BCUT2D eigenvalue weighted by atomic mass is 16.7. The van der Waals surface area contributed by atoms with E-state index in [0.717, 1.165) is 116 Å². The van der Waals surface area contributed by atoms with E-state index in [4.69, 9.17) is 18.9 Å². The first-order valence-electron chi connectivity index (χ1n) is 44.0. The van der Waals surface area contributed by atoms with Gasteiger partial charge in [-0.2, -0.15) is 0 Å². The van der Waals surface area contributed by atoms with Gasteiger partial charge in [-0.15, -0.1) is 0 Å². The van der Waals surface area contributed by atoms with Gasteiger partial charge in [0.15, 0.2) is 12.4 Å². The first-order valence-corrected chi connectivity index (χ1v) is 44.0. The smallest absolute Gasteiger partial charge is 0.306 e. The van der Waals surface area contributed by atoms with E-state index >= 15 is 0 Å². The third kappa shape index (κ3) is 86.3. The molecule has 2 unspecified atom stereocenters. The number of carboxylic acid groups (broad SMARTS) is 1. The van der Waals surface area contributed by atoms with E-state index in [-0.39, 0.29) is 38.6 Å². The van der Waals surface area contributed by atoms with Gasteiger partial charge < -0.3 is 33.3 Å². The Morgan fingerprint density at radius 1 is 0.295 bits per heavy atom. The predicted molar refractivity (Wildman–Crippen MR) is 453 cm³/mol. The number of nitrogens with zero attached hydrogens (tertiary/aromatic N) is 1. The maximum Gasteiger partial charge on any atom is 0.306 e. The average Bonchev–Trinajstić information content (AvgIpc) is 1.18. The molecule has 0 aliphatic rings. The molecule has 0 aliphatic heterocycles. The van der Waals surface area contributed by atoms with Crippen molar-refractivity contribution in [1.82, 2.24) is 0 Å². The number of hydrogen-bond donors (Lipinski definition) is 0. The number of allylic oxidation sites excluding steroid dienone is 24. The minimum atomic E-state index is -1.63. The highest BCUT2D eigenvalue weighted by Crippen LogP contribution is 2.19. The van der Waals surface area contributed by atoms with Crippen molar-refractivity contribution in [1.29, 1.82) is 0 Å². The van der Waals surface area contributed by atoms with Crippen LogP contribution in [0.1, 0.15) is 386 Å². The Balaban J connectivity index is 4.01. The van der Waals surface area contributed by atoms with Gasteiger partial charge in [0.25, 0.3) is 0 Å². The van der Waals surface area contributed by atoms with Crippen molar-refractivity contribution in [3.05, 3.63) is 146 Å². The molecule has 0 spiro atoms. The third-order valence-electron chi connectivity index (χ3n) is 19.1. The number of carbonyl (C=O) groups is 3. The molecule has 2 atom stereocenters. The lowest BCUT2D eigenvalue weighted by Gasteiger charge is -2.26. The molecule has 0 rings (SSSR count). The van der Waals surface area contributed by atoms with E-state index in [1.165, 1.54) is 238 Å². The van der Waals surface area contributed by atoms with Crippen LogP contribution < -0.4 is 5.11 Å². The summed E-state index contributed by atoms with van der Waals surface area (Å²) in [6, 6.07) is 0. The molecule has 9 nitrogen and oxygen atoms in total. The van der Waals surface area contributed by atoms with Gasteiger partial charge in [-0.05, 0) is 122 Å². The number of esters is 2. The van der Waals surface area contributed by atoms with Crippen LogP contribution >= 0.6 is 0 Å². The summed E-state index contributed by atoms with van der Waals surface area (Å²) in [4.78, 5) is 37.7. The number of rotatable bonds is 81. The molecule has 0 bridgehead atoms. The second-order valence-corrected chi connectivity index (χ2v) is 30.4. The van der Waals surface area contributed by atoms with E-state index in [1.54, 1.807) is 0 Å². The Bertz CT molecular complexity index is 2250. The third-order valence-corrected chi connectivity index (χ3v) is 19.1. The minimum Gasteiger partial charge on any atom is -0.545 e. The van der Waals surface area contributed by atoms with Gasteiger partial charge in [0.1, 0.15) is 13.2 Å². The molecule has 0 N–H and O–H groups in total. The van der Waals surface area contributed by atoms with E-state index in [1.807, 2.05) is 21.1 Å². The zero-order valence-electron chi connectivity index (χ0n) is 69.1. The van der Waals surface area contributed by atoms with Gasteiger partial charge in [-0.1, -0.05) is 397 Å². The molecular formula is C96H165NO8. The standard InChI is InChI=1S/C96H165NO8/c1-6-8-10-12-14-16-18-20-22-24-26-28-30-32-34-36-38-40-42-44-46-47-49-51-53-55-57-59-61-63-65-67-69-71-73-75-77-79-81-83-85-87-94(99)105-92(91-104-96(95(100)101)102-89-88-97(3,4)5)90-103-93(98)86-84-82-80-78-76-74-72-70-68-66-64-62-60-58-56-54-52-50-48-45-43-41-39-37-35-33-31-29-27-25-23-21-19-17-15-13-11-9-7-2/h8,10,14,16,19-22,25-28,32,34,38,40,44,46,49,51,55,57,61,63,92,96H,6-7,9,11-13,15,17-18,23-24,29-31,33,35-37,39,41-43,45,47-48,50,52-54,56,58-60,62,64-91H2,1-5H3/b10-8-,16-14-,21-19-,22-20-,27-25-,28-26-,34-32-,40-38-,46-44-,51-49-,57-55-,63-61-. The zero-order valence-corrected chi connectivity index (χ0v) is 69.1. The second-order valence-electron chi connectivity index (χ2n) is 30.4. The number of likely N-dealkylation sites (N-methyl/N-ethyl adjacent to an activating group) is 1. The molecule has 9 heteroatoms. The van der Waals surface area contributed by atoms with Gasteiger partial charge >= 0.3 is 11.9 Å². The summed E-state index contributed by atoms with van der Waals surface area (Å²) in [5.41, 5.74) is 0. The summed E-state index contributed by atoms with van der Waals surface area (Å²) >= 11 is 0. The fourth-order valence-corrected chi connectivity index (χ4v) is 12.4. The van der Waals surface area contributed by atoms with Crippen molar-refractivity contribution >= 4 is 17.9 Å². The maximum absolute atomic E-state index is 13.0. The molecule has 0 aromatic heterocycles. The Morgan fingerprint density at radius 3 is 0.810 bits per heavy atom. The van der Waals surface area contributed by atoms with Gasteiger partial charge in [0, 0.05) is 12.8 Å². The Kier molecular flexibility index (Phi) is 80.9. The van der Waals surface area contributed by atoms with Gasteiger partial charge in [0.05, 0.1) is 40.3 Å². The van der Waals surface area contributed by atoms with Crippen LogP contribution in [0, 0.1) is 0 Å². The molecule has 0 heterocycles. The zero-order chi connectivity index (χ0) is 76.0. The highest BCUT2D eigenvalue weighted by Gasteiger charge is 2.22. The lowest BCUT2D eigenvalue weighted by atomic mass is 10.0. The van der Waals surface area contributed by atoms with Crippen LogP contribution in [0.25, 0.3) is 0 Å². The van der Waals surface area contributed by atoms with Crippen LogP contribution in [0.4, 0.5) is 0 Å². The van der Waals surface area contributed by atoms with E-state index in [0.29, 0.717) is 17.4 Å². The lowest BCUT2D eigenvalue weighted by Crippen LogP contribution is -2.44. The Labute approximate surface area is 649 Å². The predicted octanol–water partition coefficient (Wildman–Crippen LogP) is 27.6. The summed E-state index contributed by atoms with van der Waals surface area (Å²) in [5, 5.41) is 11.9. The van der Waals surface area contributed by atoms with E-state index in [2.05, 4.69) is 160 Å². The van der Waals surface area contributed by atoms with Crippen molar-refractivity contribution in [3.63, 3.8) is 0 Å². The summed E-state index contributed by atoms with van der Waals surface area (Å²) < 4.78 is 22.9. The number of ether oxygens (including phenoxy) is 4. The summed E-state index contributed by atoms with van der Waals surface area (Å²) in [7, 11) is 5.94. The number of carbonyl (C=O) groups excluding carboxylic acids is 3. The minimum absolute atomic E-state index is 0.143. The molecular weight excluding hydrogens is 1300 g/mol. The average molecular weight is 1460 g/mol. The van der Waals surface area contributed by atoms with Gasteiger partial charge in [-0.3, -0.25) is 9.59 Å². The molecule has 0 saturated carbocycles. The van der Waals surface area contributed by atoms with Crippen LogP contribution in [0.15, 0.2) is 146 Å². The van der Waals surface area contributed by atoms with Crippen LogP contribution in [-0.2, 0) is 33.3 Å². The second kappa shape index (κ2) is 84.8. The summed E-state index contributed by atoms with van der Waals surface area (Å²) in [6.45, 7) is 4.65. The number of unbranched alkanes of at least 4 members (excludes halogenated alkanes) is 42. The first kappa shape index (κ1) is 100. The molecule has 602 valence electrons. The molecule has 0 amide bonds. The molecule has 0 aromatic rings. The number of quaternary nitrogens is 1. The molecule has 0 radical (unpaired) electrons. The fourth-order valence-electron chi connectivity index (χ4n) is 12.4. The van der Waals surface area contributed by atoms with Gasteiger partial charge in [0.2, 0.25) is 0 Å². The molecule has 105 heavy (non-hydrogen) atoms. The Hall–Kier alpha value is -4.83. The number of carboxylic acids is 1. The van der Waals surface area contributed by atoms with Crippen LogP contribution in [-0.4, -0.2) is 82.3 Å². The van der Waals surface area contributed by atoms with Crippen LogP contribution in [0.2, 0.25) is 0 Å². The topological polar surface area (TPSA) is 111 Å². The summed E-state index contributed by atoms with van der Waals surface area (Å²) in [6.07, 6.45) is 121. The quantitative estimate of drug-likeness (QED) is 0.0195. The molecule has 0 fully saturated rings.